The Labute approximate surface area is 134 Å². The first-order chi connectivity index (χ1) is 10.1. The van der Waals surface area contributed by atoms with Crippen molar-refractivity contribution in [2.24, 2.45) is 0 Å². The predicted molar refractivity (Wildman–Crippen MR) is 85.4 cm³/mol. The molecule has 1 unspecified atom stereocenters. The summed E-state index contributed by atoms with van der Waals surface area (Å²) in [4.78, 5) is 3.92. The van der Waals surface area contributed by atoms with E-state index in [1.54, 1.807) is 6.20 Å². The maximum atomic E-state index is 13.4. The van der Waals surface area contributed by atoms with Crippen LogP contribution in [0.25, 0.3) is 0 Å². The zero-order valence-electron chi connectivity index (χ0n) is 11.7. The van der Waals surface area contributed by atoms with E-state index in [0.29, 0.717) is 16.5 Å². The van der Waals surface area contributed by atoms with Crippen molar-refractivity contribution in [2.75, 3.05) is 6.54 Å². The third kappa shape index (κ3) is 4.40. The summed E-state index contributed by atoms with van der Waals surface area (Å²) in [6.45, 7) is 2.90. The number of aromatic nitrogens is 1. The Balaban J connectivity index is 2.28. The first-order valence-corrected chi connectivity index (χ1v) is 7.64. The molecular weight excluding hydrogens is 310 g/mol. The van der Waals surface area contributed by atoms with Gasteiger partial charge in [-0.15, -0.1) is 0 Å². The first kappa shape index (κ1) is 16.2. The molecule has 0 aliphatic carbocycles. The molecule has 5 heteroatoms. The zero-order valence-corrected chi connectivity index (χ0v) is 13.3. The Morgan fingerprint density at radius 2 is 1.95 bits per heavy atom. The van der Waals surface area contributed by atoms with Gasteiger partial charge in [0, 0.05) is 22.3 Å². The van der Waals surface area contributed by atoms with Gasteiger partial charge in [-0.25, -0.2) is 4.39 Å². The first-order valence-electron chi connectivity index (χ1n) is 6.88. The van der Waals surface area contributed by atoms with Gasteiger partial charge in [-0.05, 0) is 48.7 Å². The molecule has 1 N–H and O–H groups in total. The summed E-state index contributed by atoms with van der Waals surface area (Å²) in [5, 5.41) is 4.63. The molecule has 0 aliphatic heterocycles. The number of nitrogens with one attached hydrogen (secondary N) is 1. The minimum Gasteiger partial charge on any atom is -0.310 e. The number of halogens is 3. The van der Waals surface area contributed by atoms with Crippen molar-refractivity contribution in [2.45, 2.75) is 25.8 Å². The van der Waals surface area contributed by atoms with E-state index in [-0.39, 0.29) is 11.9 Å². The minimum absolute atomic E-state index is 0.0782. The second-order valence-electron chi connectivity index (χ2n) is 4.85. The summed E-state index contributed by atoms with van der Waals surface area (Å²) in [6, 6.07) is 6.84. The highest BCUT2D eigenvalue weighted by Crippen LogP contribution is 2.29. The van der Waals surface area contributed by atoms with Crippen LogP contribution < -0.4 is 5.32 Å². The second kappa shape index (κ2) is 7.74. The highest BCUT2D eigenvalue weighted by Gasteiger charge is 2.16. The average Bonchev–Trinajstić information content (AvgIpc) is 2.46. The fraction of sp³-hybridized carbons (Fsp3) is 0.312. The van der Waals surface area contributed by atoms with Gasteiger partial charge >= 0.3 is 0 Å². The molecule has 1 atom stereocenters. The topological polar surface area (TPSA) is 24.9 Å². The number of pyridine rings is 1. The van der Waals surface area contributed by atoms with Gasteiger partial charge in [0.1, 0.15) is 5.82 Å². The maximum Gasteiger partial charge on any atom is 0.141 e. The van der Waals surface area contributed by atoms with E-state index >= 15 is 0 Å². The van der Waals surface area contributed by atoms with E-state index in [0.717, 1.165) is 24.1 Å². The highest BCUT2D eigenvalue weighted by molar-refractivity contribution is 6.36. The summed E-state index contributed by atoms with van der Waals surface area (Å²) >= 11 is 12.4. The number of nitrogens with zero attached hydrogens (tertiary/aromatic N) is 1. The third-order valence-corrected chi connectivity index (χ3v) is 3.95. The average molecular weight is 327 g/mol. The molecule has 0 radical (unpaired) electrons. The third-order valence-electron chi connectivity index (χ3n) is 3.24. The molecule has 0 saturated carbocycles. The molecule has 0 fully saturated rings. The summed E-state index contributed by atoms with van der Waals surface area (Å²) in [7, 11) is 0. The van der Waals surface area contributed by atoms with Gasteiger partial charge in [-0.1, -0.05) is 36.2 Å². The summed E-state index contributed by atoms with van der Waals surface area (Å²) in [5.41, 5.74) is 1.65. The van der Waals surface area contributed by atoms with Crippen LogP contribution in [0.4, 0.5) is 4.39 Å². The van der Waals surface area contributed by atoms with Crippen LogP contribution >= 0.6 is 23.2 Å². The van der Waals surface area contributed by atoms with E-state index in [4.69, 9.17) is 23.2 Å². The molecule has 0 amide bonds. The fourth-order valence-electron chi connectivity index (χ4n) is 2.18. The second-order valence-corrected chi connectivity index (χ2v) is 5.66. The molecular formula is C16H17Cl2FN2. The van der Waals surface area contributed by atoms with Crippen molar-refractivity contribution >= 4 is 23.2 Å². The van der Waals surface area contributed by atoms with Crippen molar-refractivity contribution < 1.29 is 4.39 Å². The molecule has 1 heterocycles. The van der Waals surface area contributed by atoms with Gasteiger partial charge < -0.3 is 5.32 Å². The highest BCUT2D eigenvalue weighted by atomic mass is 35.5. The lowest BCUT2D eigenvalue weighted by Crippen LogP contribution is -2.24. The van der Waals surface area contributed by atoms with Gasteiger partial charge in [0.15, 0.2) is 0 Å². The molecule has 0 bridgehead atoms. The fourth-order valence-corrected chi connectivity index (χ4v) is 2.73. The summed E-state index contributed by atoms with van der Waals surface area (Å²) in [6.07, 6.45) is 4.43. The van der Waals surface area contributed by atoms with Gasteiger partial charge in [0.2, 0.25) is 0 Å². The van der Waals surface area contributed by atoms with Gasteiger partial charge in [0.05, 0.1) is 6.20 Å². The van der Waals surface area contributed by atoms with E-state index in [1.165, 1.54) is 12.3 Å². The van der Waals surface area contributed by atoms with E-state index in [9.17, 15) is 4.39 Å². The maximum absolute atomic E-state index is 13.4. The Morgan fingerprint density at radius 3 is 2.57 bits per heavy atom. The number of benzene rings is 1. The summed E-state index contributed by atoms with van der Waals surface area (Å²) in [5.74, 6) is -0.346. The predicted octanol–water partition coefficient (Wildman–Crippen LogP) is 4.81. The molecule has 1 aromatic heterocycles. The molecule has 2 aromatic rings. The monoisotopic (exact) mass is 326 g/mol. The lowest BCUT2D eigenvalue weighted by molar-refractivity contribution is 0.521. The molecule has 0 saturated heterocycles. The van der Waals surface area contributed by atoms with Crippen molar-refractivity contribution in [1.82, 2.24) is 10.3 Å². The number of rotatable bonds is 6. The number of hydrogen-bond acceptors (Lipinski definition) is 2. The Hall–Kier alpha value is -1.16. The Bertz CT molecular complexity index is 584. The van der Waals surface area contributed by atoms with Crippen molar-refractivity contribution in [3.05, 3.63) is 63.6 Å². The van der Waals surface area contributed by atoms with E-state index in [1.807, 2.05) is 18.2 Å². The molecule has 0 aliphatic rings. The van der Waals surface area contributed by atoms with Crippen LogP contribution in [0.2, 0.25) is 10.0 Å². The molecule has 112 valence electrons. The standard InChI is InChI=1S/C16H17Cl2FN2/c1-2-6-21-16(11-7-12(19)10-20-9-11)8-13-14(17)4-3-5-15(13)18/h3-5,7,9-10,16,21H,2,6,8H2,1H3. The Morgan fingerprint density at radius 1 is 1.24 bits per heavy atom. The van der Waals surface area contributed by atoms with E-state index < -0.39 is 0 Å². The lowest BCUT2D eigenvalue weighted by atomic mass is 9.99. The van der Waals surface area contributed by atoms with Crippen LogP contribution in [0.3, 0.4) is 0 Å². The van der Waals surface area contributed by atoms with Gasteiger partial charge in [0.25, 0.3) is 0 Å². The van der Waals surface area contributed by atoms with Gasteiger partial charge in [-0.3, -0.25) is 4.98 Å². The van der Waals surface area contributed by atoms with Crippen LogP contribution in [0.1, 0.15) is 30.5 Å². The van der Waals surface area contributed by atoms with Crippen molar-refractivity contribution in [1.29, 1.82) is 0 Å². The quantitative estimate of drug-likeness (QED) is 0.823. The summed E-state index contributed by atoms with van der Waals surface area (Å²) < 4.78 is 13.4. The molecule has 2 rings (SSSR count). The molecule has 2 nitrogen and oxygen atoms in total. The van der Waals surface area contributed by atoms with Crippen LogP contribution in [-0.2, 0) is 6.42 Å². The zero-order chi connectivity index (χ0) is 15.2. The van der Waals surface area contributed by atoms with Crippen LogP contribution in [0.15, 0.2) is 36.7 Å². The Kier molecular flexibility index (Phi) is 5.97. The van der Waals surface area contributed by atoms with Crippen molar-refractivity contribution in [3.8, 4) is 0 Å². The lowest BCUT2D eigenvalue weighted by Gasteiger charge is -2.20. The molecule has 1 aromatic carbocycles. The van der Waals surface area contributed by atoms with Crippen LogP contribution in [-0.4, -0.2) is 11.5 Å². The molecule has 21 heavy (non-hydrogen) atoms. The van der Waals surface area contributed by atoms with E-state index in [2.05, 4.69) is 17.2 Å². The van der Waals surface area contributed by atoms with Crippen molar-refractivity contribution in [3.63, 3.8) is 0 Å². The number of hydrogen-bond donors (Lipinski definition) is 1. The van der Waals surface area contributed by atoms with Crippen LogP contribution in [0.5, 0.6) is 0 Å². The smallest absolute Gasteiger partial charge is 0.141 e. The van der Waals surface area contributed by atoms with Gasteiger partial charge in [-0.2, -0.15) is 0 Å². The largest absolute Gasteiger partial charge is 0.310 e. The molecule has 0 spiro atoms. The minimum atomic E-state index is -0.346. The normalized spacial score (nSPS) is 12.4. The SMILES string of the molecule is CCCNC(Cc1c(Cl)cccc1Cl)c1cncc(F)c1. The van der Waals surface area contributed by atoms with Crippen LogP contribution in [0, 0.1) is 5.82 Å².